The molecule has 0 radical (unpaired) electrons. The maximum Gasteiger partial charge on any atom is 0.302 e. The first-order chi connectivity index (χ1) is 11.5. The molecular formula is C16H11F2N3O3. The van der Waals surface area contributed by atoms with Crippen LogP contribution in [0.15, 0.2) is 52.7 Å². The number of carbonyl (C=O) groups excluding carboxylic acids is 1. The molecule has 0 atom stereocenters. The second-order valence-electron chi connectivity index (χ2n) is 4.82. The Morgan fingerprint density at radius 1 is 1.21 bits per heavy atom. The summed E-state index contributed by atoms with van der Waals surface area (Å²) in [5.74, 6) is -2.34. The van der Waals surface area contributed by atoms with Crippen molar-refractivity contribution in [2.75, 3.05) is 6.61 Å². The van der Waals surface area contributed by atoms with Gasteiger partial charge in [0.25, 0.3) is 0 Å². The Bertz CT molecular complexity index is 937. The van der Waals surface area contributed by atoms with Gasteiger partial charge in [0.1, 0.15) is 5.82 Å². The van der Waals surface area contributed by atoms with Crippen molar-refractivity contribution >= 4 is 22.5 Å². The van der Waals surface area contributed by atoms with Gasteiger partial charge in [-0.3, -0.25) is 4.79 Å². The number of H-pyrrole nitrogens is 1. The third kappa shape index (κ3) is 3.22. The Morgan fingerprint density at radius 3 is 2.79 bits per heavy atom. The third-order valence-corrected chi connectivity index (χ3v) is 3.16. The van der Waals surface area contributed by atoms with E-state index in [1.54, 1.807) is 6.07 Å². The third-order valence-electron chi connectivity index (χ3n) is 3.16. The van der Waals surface area contributed by atoms with E-state index in [2.05, 4.69) is 15.2 Å². The minimum Gasteiger partial charge on any atom is -0.493 e. The Morgan fingerprint density at radius 2 is 2.00 bits per heavy atom. The molecule has 0 saturated carbocycles. The van der Waals surface area contributed by atoms with Crippen LogP contribution in [-0.4, -0.2) is 22.6 Å². The fraction of sp³-hybridized carbons (Fsp3) is 0.0625. The SMILES string of the molecule is O=C(COc1ccccc1F)N=Nc1c(O)[nH]c2ccc(F)cc12. The van der Waals surface area contributed by atoms with Gasteiger partial charge in [0.05, 0.1) is 5.52 Å². The standard InChI is InChI=1S/C16H11F2N3O3/c17-9-5-6-12-10(7-9)15(16(23)19-12)21-20-14(22)8-24-13-4-2-1-3-11(13)18/h1-7,19,23H,8H2. The van der Waals surface area contributed by atoms with Gasteiger partial charge >= 0.3 is 5.91 Å². The first-order valence-electron chi connectivity index (χ1n) is 6.86. The highest BCUT2D eigenvalue weighted by Crippen LogP contribution is 2.35. The predicted molar refractivity (Wildman–Crippen MR) is 81.3 cm³/mol. The van der Waals surface area contributed by atoms with E-state index in [9.17, 15) is 18.7 Å². The van der Waals surface area contributed by atoms with Gasteiger partial charge in [-0.15, -0.1) is 10.2 Å². The van der Waals surface area contributed by atoms with Crippen LogP contribution in [0, 0.1) is 11.6 Å². The molecule has 2 aromatic carbocycles. The number of halogens is 2. The van der Waals surface area contributed by atoms with Crippen LogP contribution in [0.1, 0.15) is 0 Å². The maximum absolute atomic E-state index is 13.4. The number of carbonyl (C=O) groups is 1. The summed E-state index contributed by atoms with van der Waals surface area (Å²) in [6, 6.07) is 9.40. The van der Waals surface area contributed by atoms with Crippen molar-refractivity contribution in [1.29, 1.82) is 0 Å². The minimum absolute atomic E-state index is 0.0660. The number of nitrogens with one attached hydrogen (secondary N) is 1. The summed E-state index contributed by atoms with van der Waals surface area (Å²) in [5, 5.41) is 17.0. The zero-order valence-corrected chi connectivity index (χ0v) is 12.2. The zero-order valence-electron chi connectivity index (χ0n) is 12.2. The molecule has 0 aliphatic carbocycles. The molecule has 0 fully saturated rings. The molecule has 1 aromatic heterocycles. The smallest absolute Gasteiger partial charge is 0.302 e. The molecule has 3 aromatic rings. The summed E-state index contributed by atoms with van der Waals surface area (Å²) in [5.41, 5.74) is 0.377. The fourth-order valence-electron chi connectivity index (χ4n) is 2.07. The molecule has 1 heterocycles. The number of aromatic amines is 1. The van der Waals surface area contributed by atoms with Crippen LogP contribution in [-0.2, 0) is 4.79 Å². The van der Waals surface area contributed by atoms with E-state index in [1.807, 2.05) is 0 Å². The lowest BCUT2D eigenvalue weighted by Gasteiger charge is -2.03. The van der Waals surface area contributed by atoms with Crippen molar-refractivity contribution in [3.05, 3.63) is 54.1 Å². The molecule has 0 aliphatic heterocycles. The van der Waals surface area contributed by atoms with E-state index >= 15 is 0 Å². The number of fused-ring (bicyclic) bond motifs is 1. The van der Waals surface area contributed by atoms with E-state index in [0.29, 0.717) is 5.52 Å². The van der Waals surface area contributed by atoms with Gasteiger partial charge in [0.2, 0.25) is 5.88 Å². The highest BCUT2D eigenvalue weighted by molar-refractivity contribution is 5.94. The van der Waals surface area contributed by atoms with Crippen LogP contribution in [0.5, 0.6) is 11.6 Å². The van der Waals surface area contributed by atoms with Gasteiger partial charge in [-0.1, -0.05) is 12.1 Å². The van der Waals surface area contributed by atoms with Crippen LogP contribution < -0.4 is 4.74 Å². The number of hydrogen-bond donors (Lipinski definition) is 2. The number of ether oxygens (including phenoxy) is 1. The Kier molecular flexibility index (Phi) is 4.19. The lowest BCUT2D eigenvalue weighted by Crippen LogP contribution is -2.08. The summed E-state index contributed by atoms with van der Waals surface area (Å²) in [4.78, 5) is 14.2. The number of amides is 1. The van der Waals surface area contributed by atoms with E-state index in [1.165, 1.54) is 30.3 Å². The lowest BCUT2D eigenvalue weighted by atomic mass is 10.2. The second kappa shape index (κ2) is 6.45. The lowest BCUT2D eigenvalue weighted by molar-refractivity contribution is -0.120. The van der Waals surface area contributed by atoms with Crippen molar-refractivity contribution < 1.29 is 23.4 Å². The molecule has 0 spiro atoms. The molecule has 8 heteroatoms. The van der Waals surface area contributed by atoms with E-state index in [4.69, 9.17) is 4.74 Å². The Hall–Kier alpha value is -3.29. The van der Waals surface area contributed by atoms with Crippen molar-refractivity contribution in [3.63, 3.8) is 0 Å². The molecule has 0 aliphatic rings. The maximum atomic E-state index is 13.4. The number of para-hydroxylation sites is 1. The highest BCUT2D eigenvalue weighted by Gasteiger charge is 2.12. The number of aromatic nitrogens is 1. The van der Waals surface area contributed by atoms with Crippen molar-refractivity contribution in [1.82, 2.24) is 4.98 Å². The summed E-state index contributed by atoms with van der Waals surface area (Å²) in [6.07, 6.45) is 0. The molecule has 0 bridgehead atoms. The first-order valence-corrected chi connectivity index (χ1v) is 6.86. The summed E-state index contributed by atoms with van der Waals surface area (Å²) >= 11 is 0. The van der Waals surface area contributed by atoms with Crippen molar-refractivity contribution in [2.45, 2.75) is 0 Å². The predicted octanol–water partition coefficient (Wildman–Crippen LogP) is 3.84. The summed E-state index contributed by atoms with van der Waals surface area (Å²) in [6.45, 7) is -0.526. The summed E-state index contributed by atoms with van der Waals surface area (Å²) in [7, 11) is 0. The molecule has 122 valence electrons. The molecule has 2 N–H and O–H groups in total. The average Bonchev–Trinajstić information content (AvgIpc) is 2.87. The van der Waals surface area contributed by atoms with Crippen LogP contribution >= 0.6 is 0 Å². The van der Waals surface area contributed by atoms with Gasteiger partial charge in [-0.05, 0) is 30.3 Å². The molecule has 0 saturated heterocycles. The van der Waals surface area contributed by atoms with Gasteiger partial charge in [-0.2, -0.15) is 0 Å². The molecule has 6 nitrogen and oxygen atoms in total. The Labute approximate surface area is 134 Å². The number of aromatic hydroxyl groups is 1. The number of azo groups is 1. The van der Waals surface area contributed by atoms with Crippen molar-refractivity contribution in [2.24, 2.45) is 10.2 Å². The van der Waals surface area contributed by atoms with Gasteiger partial charge < -0.3 is 14.8 Å². The Balaban J connectivity index is 1.74. The topological polar surface area (TPSA) is 87.0 Å². The fourth-order valence-corrected chi connectivity index (χ4v) is 2.07. The van der Waals surface area contributed by atoms with Crippen molar-refractivity contribution in [3.8, 4) is 11.6 Å². The van der Waals surface area contributed by atoms with Gasteiger partial charge in [0, 0.05) is 5.39 Å². The van der Waals surface area contributed by atoms with Crippen LogP contribution in [0.25, 0.3) is 10.9 Å². The van der Waals surface area contributed by atoms with Crippen LogP contribution in [0.2, 0.25) is 0 Å². The molecule has 1 amide bonds. The molecular weight excluding hydrogens is 320 g/mol. The summed E-state index contributed by atoms with van der Waals surface area (Å²) < 4.78 is 31.6. The second-order valence-corrected chi connectivity index (χ2v) is 4.82. The quantitative estimate of drug-likeness (QED) is 0.712. The van der Waals surface area contributed by atoms with E-state index in [-0.39, 0.29) is 22.7 Å². The van der Waals surface area contributed by atoms with Gasteiger partial charge in [0.15, 0.2) is 23.9 Å². The van der Waals surface area contributed by atoms with E-state index in [0.717, 1.165) is 6.07 Å². The largest absolute Gasteiger partial charge is 0.493 e. The van der Waals surface area contributed by atoms with Gasteiger partial charge in [-0.25, -0.2) is 8.78 Å². The number of benzene rings is 2. The molecule has 0 unspecified atom stereocenters. The monoisotopic (exact) mass is 331 g/mol. The number of rotatable bonds is 4. The van der Waals surface area contributed by atoms with Crippen LogP contribution in [0.4, 0.5) is 14.5 Å². The zero-order chi connectivity index (χ0) is 17.1. The normalized spacial score (nSPS) is 11.2. The minimum atomic E-state index is -0.789. The number of hydrogen-bond acceptors (Lipinski definition) is 4. The first kappa shape index (κ1) is 15.6. The number of nitrogens with zero attached hydrogens (tertiary/aromatic N) is 2. The average molecular weight is 331 g/mol. The molecule has 24 heavy (non-hydrogen) atoms. The highest BCUT2D eigenvalue weighted by atomic mass is 19.1. The van der Waals surface area contributed by atoms with Crippen LogP contribution in [0.3, 0.4) is 0 Å². The molecule has 3 rings (SSSR count). The van der Waals surface area contributed by atoms with E-state index < -0.39 is 24.1 Å².